The van der Waals surface area contributed by atoms with E-state index in [4.69, 9.17) is 23.2 Å². The van der Waals surface area contributed by atoms with Crippen molar-refractivity contribution in [3.63, 3.8) is 0 Å². The zero-order valence-corrected chi connectivity index (χ0v) is 12.6. The van der Waals surface area contributed by atoms with Crippen molar-refractivity contribution in [2.24, 2.45) is 0 Å². The molecule has 100 valence electrons. The first-order valence-corrected chi connectivity index (χ1v) is 6.96. The number of pyridine rings is 1. The molecule has 0 saturated heterocycles. The van der Waals surface area contributed by atoms with Gasteiger partial charge >= 0.3 is 0 Å². The van der Waals surface area contributed by atoms with Gasteiger partial charge in [-0.2, -0.15) is 0 Å². The number of hydrogen-bond acceptors (Lipinski definition) is 3. The van der Waals surface area contributed by atoms with Crippen LogP contribution in [0.15, 0.2) is 18.5 Å². The van der Waals surface area contributed by atoms with Crippen molar-refractivity contribution in [2.75, 3.05) is 0 Å². The minimum absolute atomic E-state index is 0.192. The number of aryl methyl sites for hydroxylation is 1. The first-order valence-electron chi connectivity index (χ1n) is 6.20. The van der Waals surface area contributed by atoms with Crippen molar-refractivity contribution in [3.05, 3.63) is 39.9 Å². The minimum atomic E-state index is 0.192. The van der Waals surface area contributed by atoms with Crippen LogP contribution in [0.25, 0.3) is 11.4 Å². The summed E-state index contributed by atoms with van der Waals surface area (Å²) in [7, 11) is 0. The highest BCUT2D eigenvalue weighted by molar-refractivity contribution is 6.34. The predicted octanol–water partition coefficient (Wildman–Crippen LogP) is 4.53. The predicted molar refractivity (Wildman–Crippen MR) is 78.8 cm³/mol. The Morgan fingerprint density at radius 2 is 1.79 bits per heavy atom. The number of rotatable bonds is 3. The molecule has 3 nitrogen and oxygen atoms in total. The Hall–Kier alpha value is -1.19. The Labute approximate surface area is 123 Å². The highest BCUT2D eigenvalue weighted by Gasteiger charge is 2.16. The standard InChI is InChI=1S/C14H15Cl2N3/c1-4-9-7-17-6-5-10(9)14-18-12(15)11(8(2)3)13(16)19-14/h5-8H,4H2,1-3H3. The molecular weight excluding hydrogens is 281 g/mol. The molecule has 5 heteroatoms. The molecule has 2 aromatic rings. The van der Waals surface area contributed by atoms with Gasteiger partial charge in [0.1, 0.15) is 10.3 Å². The van der Waals surface area contributed by atoms with Gasteiger partial charge in [-0.15, -0.1) is 0 Å². The van der Waals surface area contributed by atoms with E-state index in [1.54, 1.807) is 6.20 Å². The summed E-state index contributed by atoms with van der Waals surface area (Å²) < 4.78 is 0. The second-order valence-corrected chi connectivity index (χ2v) is 5.30. The summed E-state index contributed by atoms with van der Waals surface area (Å²) >= 11 is 12.4. The summed E-state index contributed by atoms with van der Waals surface area (Å²) in [4.78, 5) is 12.9. The zero-order valence-electron chi connectivity index (χ0n) is 11.1. The molecule has 0 saturated carbocycles. The molecule has 0 atom stereocenters. The number of aromatic nitrogens is 3. The van der Waals surface area contributed by atoms with Gasteiger partial charge in [0, 0.05) is 23.5 Å². The lowest BCUT2D eigenvalue weighted by Crippen LogP contribution is -2.01. The minimum Gasteiger partial charge on any atom is -0.264 e. The Morgan fingerprint density at radius 3 is 2.32 bits per heavy atom. The molecule has 0 aromatic carbocycles. The fourth-order valence-corrected chi connectivity index (χ4v) is 2.76. The van der Waals surface area contributed by atoms with E-state index in [-0.39, 0.29) is 5.92 Å². The highest BCUT2D eigenvalue weighted by Crippen LogP contribution is 2.31. The molecule has 0 aliphatic carbocycles. The van der Waals surface area contributed by atoms with Gasteiger partial charge in [0.2, 0.25) is 0 Å². The molecule has 0 aliphatic rings. The molecule has 19 heavy (non-hydrogen) atoms. The topological polar surface area (TPSA) is 38.7 Å². The van der Waals surface area contributed by atoms with E-state index < -0.39 is 0 Å². The lowest BCUT2D eigenvalue weighted by molar-refractivity contribution is 0.847. The first-order chi connectivity index (χ1) is 9.04. The maximum atomic E-state index is 6.22. The van der Waals surface area contributed by atoms with Gasteiger partial charge < -0.3 is 0 Å². The summed E-state index contributed by atoms with van der Waals surface area (Å²) in [5.41, 5.74) is 2.79. The van der Waals surface area contributed by atoms with Crippen LogP contribution in [0.4, 0.5) is 0 Å². The van der Waals surface area contributed by atoms with Crippen molar-refractivity contribution in [1.29, 1.82) is 0 Å². The summed E-state index contributed by atoms with van der Waals surface area (Å²) in [6.45, 7) is 6.09. The van der Waals surface area contributed by atoms with E-state index in [0.29, 0.717) is 16.1 Å². The Bertz CT molecular complexity index is 574. The molecular formula is C14H15Cl2N3. The molecule has 0 N–H and O–H groups in total. The van der Waals surface area contributed by atoms with Crippen molar-refractivity contribution in [3.8, 4) is 11.4 Å². The maximum absolute atomic E-state index is 6.22. The smallest absolute Gasteiger partial charge is 0.162 e. The molecule has 2 heterocycles. The van der Waals surface area contributed by atoms with Gasteiger partial charge in [0.25, 0.3) is 0 Å². The van der Waals surface area contributed by atoms with Crippen LogP contribution in [-0.2, 0) is 6.42 Å². The quantitative estimate of drug-likeness (QED) is 0.781. The van der Waals surface area contributed by atoms with Crippen LogP contribution in [0.1, 0.15) is 37.8 Å². The van der Waals surface area contributed by atoms with E-state index in [9.17, 15) is 0 Å². The van der Waals surface area contributed by atoms with E-state index in [0.717, 1.165) is 23.1 Å². The monoisotopic (exact) mass is 295 g/mol. The zero-order chi connectivity index (χ0) is 14.0. The van der Waals surface area contributed by atoms with Crippen LogP contribution in [-0.4, -0.2) is 15.0 Å². The van der Waals surface area contributed by atoms with Gasteiger partial charge in [0.15, 0.2) is 5.82 Å². The Kier molecular flexibility index (Phi) is 4.38. The van der Waals surface area contributed by atoms with Crippen LogP contribution in [0.3, 0.4) is 0 Å². The van der Waals surface area contributed by atoms with Crippen LogP contribution in [0.5, 0.6) is 0 Å². The molecule has 0 radical (unpaired) electrons. The van der Waals surface area contributed by atoms with Crippen LogP contribution in [0, 0.1) is 0 Å². The average Bonchev–Trinajstić information content (AvgIpc) is 2.37. The lowest BCUT2D eigenvalue weighted by Gasteiger charge is -2.12. The van der Waals surface area contributed by atoms with E-state index in [1.807, 2.05) is 26.1 Å². The Balaban J connectivity index is 2.59. The van der Waals surface area contributed by atoms with Gasteiger partial charge in [-0.25, -0.2) is 9.97 Å². The van der Waals surface area contributed by atoms with Crippen LogP contribution >= 0.6 is 23.2 Å². The first kappa shape index (κ1) is 14.2. The molecule has 0 unspecified atom stereocenters. The number of hydrogen-bond donors (Lipinski definition) is 0. The molecule has 0 fully saturated rings. The average molecular weight is 296 g/mol. The molecule has 0 amide bonds. The highest BCUT2D eigenvalue weighted by atomic mass is 35.5. The molecule has 2 rings (SSSR count). The third-order valence-corrected chi connectivity index (χ3v) is 3.53. The summed E-state index contributed by atoms with van der Waals surface area (Å²) in [5, 5.41) is 0.840. The summed E-state index contributed by atoms with van der Waals surface area (Å²) in [6, 6.07) is 1.88. The normalized spacial score (nSPS) is 11.1. The SMILES string of the molecule is CCc1cnccc1-c1nc(Cl)c(C(C)C)c(Cl)n1. The van der Waals surface area contributed by atoms with Crippen LogP contribution < -0.4 is 0 Å². The van der Waals surface area contributed by atoms with E-state index >= 15 is 0 Å². The van der Waals surface area contributed by atoms with Gasteiger partial charge in [-0.1, -0.05) is 44.0 Å². The summed E-state index contributed by atoms with van der Waals surface area (Å²) in [6.07, 6.45) is 4.39. The maximum Gasteiger partial charge on any atom is 0.162 e. The number of halogens is 2. The fourth-order valence-electron chi connectivity index (χ4n) is 1.94. The third kappa shape index (κ3) is 2.88. The fraction of sp³-hybridized carbons (Fsp3) is 0.357. The molecule has 0 spiro atoms. The summed E-state index contributed by atoms with van der Waals surface area (Å²) in [5.74, 6) is 0.746. The van der Waals surface area contributed by atoms with Crippen molar-refractivity contribution >= 4 is 23.2 Å². The van der Waals surface area contributed by atoms with Crippen molar-refractivity contribution < 1.29 is 0 Å². The molecule has 0 bridgehead atoms. The molecule has 0 aliphatic heterocycles. The van der Waals surface area contributed by atoms with Gasteiger partial charge in [-0.3, -0.25) is 4.98 Å². The van der Waals surface area contributed by atoms with Crippen molar-refractivity contribution in [2.45, 2.75) is 33.1 Å². The van der Waals surface area contributed by atoms with E-state index in [1.165, 1.54) is 0 Å². The van der Waals surface area contributed by atoms with Gasteiger partial charge in [0.05, 0.1) is 0 Å². The lowest BCUT2D eigenvalue weighted by atomic mass is 10.1. The van der Waals surface area contributed by atoms with Crippen LogP contribution in [0.2, 0.25) is 10.3 Å². The van der Waals surface area contributed by atoms with Crippen molar-refractivity contribution in [1.82, 2.24) is 15.0 Å². The second kappa shape index (κ2) is 5.85. The van der Waals surface area contributed by atoms with Gasteiger partial charge in [-0.05, 0) is 24.0 Å². The number of nitrogens with zero attached hydrogens (tertiary/aromatic N) is 3. The second-order valence-electron chi connectivity index (χ2n) is 4.58. The third-order valence-electron chi connectivity index (χ3n) is 2.96. The molecule has 2 aromatic heterocycles. The largest absolute Gasteiger partial charge is 0.264 e. The Morgan fingerprint density at radius 1 is 1.16 bits per heavy atom. The van der Waals surface area contributed by atoms with E-state index in [2.05, 4.69) is 21.9 Å².